The van der Waals surface area contributed by atoms with E-state index in [-0.39, 0.29) is 11.7 Å². The number of carbonyl (C=O) groups excluding carboxylic acids is 1. The molecule has 1 heterocycles. The van der Waals surface area contributed by atoms with Crippen molar-refractivity contribution in [2.75, 3.05) is 25.3 Å². The number of aromatic nitrogens is 1. The van der Waals surface area contributed by atoms with Crippen LogP contribution in [0.3, 0.4) is 0 Å². The van der Waals surface area contributed by atoms with Crippen molar-refractivity contribution in [1.82, 2.24) is 4.98 Å². The SMILES string of the molecule is COc1cccc(-c2ccc(NC(=O)c3cccc(C)c3)nc2N)c1OC. The van der Waals surface area contributed by atoms with Gasteiger partial charge in [0, 0.05) is 16.7 Å². The van der Waals surface area contributed by atoms with Crippen LogP contribution in [0.5, 0.6) is 11.5 Å². The van der Waals surface area contributed by atoms with Gasteiger partial charge in [-0.2, -0.15) is 0 Å². The minimum Gasteiger partial charge on any atom is -0.493 e. The highest BCUT2D eigenvalue weighted by Gasteiger charge is 2.15. The number of benzene rings is 2. The summed E-state index contributed by atoms with van der Waals surface area (Å²) < 4.78 is 10.8. The van der Waals surface area contributed by atoms with Gasteiger partial charge in [-0.3, -0.25) is 4.79 Å². The molecule has 0 saturated carbocycles. The molecule has 3 aromatic rings. The molecule has 0 bridgehead atoms. The fraction of sp³-hybridized carbons (Fsp3) is 0.143. The van der Waals surface area contributed by atoms with Gasteiger partial charge >= 0.3 is 0 Å². The summed E-state index contributed by atoms with van der Waals surface area (Å²) in [4.78, 5) is 16.7. The molecular formula is C21H21N3O3. The lowest BCUT2D eigenvalue weighted by Gasteiger charge is -2.14. The lowest BCUT2D eigenvalue weighted by molar-refractivity contribution is 0.102. The molecule has 0 atom stereocenters. The molecule has 0 aliphatic carbocycles. The Labute approximate surface area is 158 Å². The number of nitrogens with two attached hydrogens (primary N) is 1. The van der Waals surface area contributed by atoms with Crippen molar-refractivity contribution >= 4 is 17.5 Å². The van der Waals surface area contributed by atoms with E-state index in [0.717, 1.165) is 11.1 Å². The fourth-order valence-corrected chi connectivity index (χ4v) is 2.85. The monoisotopic (exact) mass is 363 g/mol. The molecule has 0 aliphatic heterocycles. The highest BCUT2D eigenvalue weighted by molar-refractivity contribution is 6.04. The smallest absolute Gasteiger partial charge is 0.256 e. The van der Waals surface area contributed by atoms with Gasteiger partial charge in [-0.05, 0) is 37.3 Å². The average Bonchev–Trinajstić information content (AvgIpc) is 2.67. The number of nitrogens with zero attached hydrogens (tertiary/aromatic N) is 1. The molecule has 0 fully saturated rings. The number of aryl methyl sites for hydroxylation is 1. The van der Waals surface area contributed by atoms with Crippen molar-refractivity contribution in [3.05, 3.63) is 65.7 Å². The maximum Gasteiger partial charge on any atom is 0.256 e. The minimum absolute atomic E-state index is 0.239. The van der Waals surface area contributed by atoms with Crippen LogP contribution < -0.4 is 20.5 Å². The quantitative estimate of drug-likeness (QED) is 0.718. The Morgan fingerprint density at radius 3 is 2.44 bits per heavy atom. The molecule has 27 heavy (non-hydrogen) atoms. The number of para-hydroxylation sites is 1. The van der Waals surface area contributed by atoms with E-state index in [1.54, 1.807) is 32.4 Å². The first kappa shape index (κ1) is 18.3. The Hall–Kier alpha value is -3.54. The van der Waals surface area contributed by atoms with Gasteiger partial charge in [0.15, 0.2) is 11.5 Å². The topological polar surface area (TPSA) is 86.5 Å². The molecule has 3 N–H and O–H groups in total. The van der Waals surface area contributed by atoms with E-state index < -0.39 is 0 Å². The van der Waals surface area contributed by atoms with Gasteiger partial charge in [0.25, 0.3) is 5.91 Å². The van der Waals surface area contributed by atoms with Crippen LogP contribution in [0.1, 0.15) is 15.9 Å². The van der Waals surface area contributed by atoms with Crippen LogP contribution in [-0.2, 0) is 0 Å². The normalized spacial score (nSPS) is 10.3. The average molecular weight is 363 g/mol. The zero-order chi connectivity index (χ0) is 19.4. The first-order valence-corrected chi connectivity index (χ1v) is 8.39. The van der Waals surface area contributed by atoms with Crippen LogP contribution in [0.25, 0.3) is 11.1 Å². The van der Waals surface area contributed by atoms with E-state index >= 15 is 0 Å². The van der Waals surface area contributed by atoms with Gasteiger partial charge < -0.3 is 20.5 Å². The molecule has 2 aromatic carbocycles. The van der Waals surface area contributed by atoms with Crippen molar-refractivity contribution in [2.24, 2.45) is 0 Å². The van der Waals surface area contributed by atoms with Crippen LogP contribution >= 0.6 is 0 Å². The molecule has 6 nitrogen and oxygen atoms in total. The summed E-state index contributed by atoms with van der Waals surface area (Å²) in [6.45, 7) is 1.93. The number of pyridine rings is 1. The van der Waals surface area contributed by atoms with E-state index in [0.29, 0.717) is 28.4 Å². The molecule has 0 aliphatic rings. The third-order valence-corrected chi connectivity index (χ3v) is 4.14. The van der Waals surface area contributed by atoms with E-state index in [4.69, 9.17) is 15.2 Å². The second-order valence-corrected chi connectivity index (χ2v) is 5.99. The fourth-order valence-electron chi connectivity index (χ4n) is 2.85. The summed E-state index contributed by atoms with van der Waals surface area (Å²) in [6, 6.07) is 16.4. The Bertz CT molecular complexity index is 986. The molecule has 0 saturated heterocycles. The standard InChI is InChI=1S/C21H21N3O3/c1-13-6-4-7-14(12-13)21(25)24-18-11-10-16(20(22)23-18)15-8-5-9-17(26-2)19(15)27-3/h4-12H,1-3H3,(H3,22,23,24,25). The number of nitrogens with one attached hydrogen (secondary N) is 1. The Kier molecular flexibility index (Phi) is 5.26. The van der Waals surface area contributed by atoms with Crippen molar-refractivity contribution in [3.63, 3.8) is 0 Å². The van der Waals surface area contributed by atoms with Gasteiger partial charge in [0.1, 0.15) is 11.6 Å². The van der Waals surface area contributed by atoms with Crippen LogP contribution in [-0.4, -0.2) is 25.1 Å². The van der Waals surface area contributed by atoms with E-state index in [1.807, 2.05) is 43.3 Å². The summed E-state index contributed by atoms with van der Waals surface area (Å²) >= 11 is 0. The van der Waals surface area contributed by atoms with Crippen LogP contribution in [0, 0.1) is 6.92 Å². The van der Waals surface area contributed by atoms with Gasteiger partial charge in [-0.15, -0.1) is 0 Å². The van der Waals surface area contributed by atoms with Crippen LogP contribution in [0.2, 0.25) is 0 Å². The lowest BCUT2D eigenvalue weighted by Crippen LogP contribution is -2.13. The minimum atomic E-state index is -0.239. The molecule has 6 heteroatoms. The third-order valence-electron chi connectivity index (χ3n) is 4.14. The van der Waals surface area contributed by atoms with E-state index in [9.17, 15) is 4.79 Å². The Morgan fingerprint density at radius 1 is 1.00 bits per heavy atom. The zero-order valence-electron chi connectivity index (χ0n) is 15.4. The van der Waals surface area contributed by atoms with Crippen molar-refractivity contribution in [3.8, 4) is 22.6 Å². The third kappa shape index (κ3) is 3.84. The first-order valence-electron chi connectivity index (χ1n) is 8.39. The molecule has 0 spiro atoms. The summed E-state index contributed by atoms with van der Waals surface area (Å²) in [7, 11) is 3.15. The second-order valence-electron chi connectivity index (χ2n) is 5.99. The number of nitrogen functional groups attached to an aromatic ring is 1. The first-order chi connectivity index (χ1) is 13.0. The molecule has 0 radical (unpaired) electrons. The molecule has 1 aromatic heterocycles. The summed E-state index contributed by atoms with van der Waals surface area (Å²) in [5.74, 6) is 1.60. The number of carbonyl (C=O) groups is 1. The van der Waals surface area contributed by atoms with Crippen LogP contribution in [0.15, 0.2) is 54.6 Å². The number of rotatable bonds is 5. The highest BCUT2D eigenvalue weighted by Crippen LogP contribution is 2.39. The van der Waals surface area contributed by atoms with Crippen molar-refractivity contribution in [1.29, 1.82) is 0 Å². The molecule has 0 unspecified atom stereocenters. The van der Waals surface area contributed by atoms with Crippen LogP contribution in [0.4, 0.5) is 11.6 Å². The van der Waals surface area contributed by atoms with Gasteiger partial charge in [-0.1, -0.05) is 29.8 Å². The lowest BCUT2D eigenvalue weighted by atomic mass is 10.0. The van der Waals surface area contributed by atoms with Gasteiger partial charge in [-0.25, -0.2) is 4.98 Å². The van der Waals surface area contributed by atoms with Crippen molar-refractivity contribution in [2.45, 2.75) is 6.92 Å². The Balaban J connectivity index is 1.90. The summed E-state index contributed by atoms with van der Waals surface area (Å²) in [6.07, 6.45) is 0. The number of amides is 1. The number of ether oxygens (including phenoxy) is 2. The van der Waals surface area contributed by atoms with E-state index in [2.05, 4.69) is 10.3 Å². The zero-order valence-corrected chi connectivity index (χ0v) is 15.4. The predicted octanol–water partition coefficient (Wildman–Crippen LogP) is 3.91. The number of hydrogen-bond acceptors (Lipinski definition) is 5. The van der Waals surface area contributed by atoms with Gasteiger partial charge in [0.2, 0.25) is 0 Å². The molecule has 138 valence electrons. The highest BCUT2D eigenvalue weighted by atomic mass is 16.5. The Morgan fingerprint density at radius 2 is 1.78 bits per heavy atom. The largest absolute Gasteiger partial charge is 0.493 e. The van der Waals surface area contributed by atoms with Crippen molar-refractivity contribution < 1.29 is 14.3 Å². The summed E-state index contributed by atoms with van der Waals surface area (Å²) in [5, 5.41) is 2.77. The second kappa shape index (κ2) is 7.78. The summed E-state index contributed by atoms with van der Waals surface area (Å²) in [5.41, 5.74) is 9.18. The maximum absolute atomic E-state index is 12.4. The number of hydrogen-bond donors (Lipinski definition) is 2. The molecule has 3 rings (SSSR count). The van der Waals surface area contributed by atoms with E-state index in [1.165, 1.54) is 0 Å². The number of methoxy groups -OCH3 is 2. The van der Waals surface area contributed by atoms with Gasteiger partial charge in [0.05, 0.1) is 14.2 Å². The molecular weight excluding hydrogens is 342 g/mol. The predicted molar refractivity (Wildman–Crippen MR) is 106 cm³/mol. The molecule has 1 amide bonds. The maximum atomic E-state index is 12.4. The number of anilines is 2.